The maximum atomic E-state index is 10.5. The molecule has 0 spiro atoms. The van der Waals surface area contributed by atoms with Crippen molar-refractivity contribution in [3.63, 3.8) is 0 Å². The van der Waals surface area contributed by atoms with Gasteiger partial charge in [-0.2, -0.15) is 5.10 Å². The molecule has 28 heavy (non-hydrogen) atoms. The molecule has 0 atom stereocenters. The molecule has 6 rings (SSSR count). The third-order valence-electron chi connectivity index (χ3n) is 6.21. The minimum atomic E-state index is -0.645. The highest BCUT2D eigenvalue weighted by atomic mass is 16.3. The molecule has 5 nitrogen and oxygen atoms in total. The van der Waals surface area contributed by atoms with Crippen LogP contribution in [0.25, 0.3) is 16.6 Å². The van der Waals surface area contributed by atoms with E-state index in [2.05, 4.69) is 47.0 Å². The SMILES string of the molecule is CC(C)(O)C12CC(C1)N(c1cc(-n3ncc4ccccc43)ccn1)C2.CCC. The molecule has 5 heteroatoms. The van der Waals surface area contributed by atoms with Crippen LogP contribution in [-0.2, 0) is 0 Å². The molecular weight excluding hydrogens is 348 g/mol. The van der Waals surface area contributed by atoms with E-state index in [-0.39, 0.29) is 5.41 Å². The number of aliphatic hydroxyl groups is 1. The van der Waals surface area contributed by atoms with E-state index < -0.39 is 5.60 Å². The van der Waals surface area contributed by atoms with E-state index in [9.17, 15) is 5.11 Å². The van der Waals surface area contributed by atoms with Gasteiger partial charge in [0.25, 0.3) is 0 Å². The number of rotatable bonds is 3. The summed E-state index contributed by atoms with van der Waals surface area (Å²) in [7, 11) is 0. The number of para-hydroxylation sites is 1. The number of hydrogen-bond acceptors (Lipinski definition) is 4. The lowest BCUT2D eigenvalue weighted by atomic mass is 9.61. The Bertz CT molecular complexity index is 966. The molecule has 2 saturated heterocycles. The molecule has 2 aromatic heterocycles. The first-order chi connectivity index (χ1) is 13.4. The predicted octanol–water partition coefficient (Wildman–Crippen LogP) is 4.58. The number of aromatic nitrogens is 3. The second kappa shape index (κ2) is 6.89. The Morgan fingerprint density at radius 1 is 1.18 bits per heavy atom. The first-order valence-electron chi connectivity index (χ1n) is 10.3. The van der Waals surface area contributed by atoms with Gasteiger partial charge in [-0.25, -0.2) is 9.67 Å². The summed E-state index contributed by atoms with van der Waals surface area (Å²) in [4.78, 5) is 6.96. The van der Waals surface area contributed by atoms with E-state index in [1.54, 1.807) is 0 Å². The van der Waals surface area contributed by atoms with Crippen LogP contribution in [0.1, 0.15) is 47.0 Å². The minimum absolute atomic E-state index is 0.00769. The standard InChI is InChI=1S/C20H22N4O.C3H8/c1-19(2,25)20-10-16(11-20)23(13-20)18-9-15(7-8-21-18)24-17-6-4-3-5-14(17)12-22-24;1-3-2/h3-9,12,16,25H,10-11,13H2,1-2H3;3H2,1-2H3. The first-order valence-corrected chi connectivity index (χ1v) is 10.3. The van der Waals surface area contributed by atoms with Crippen molar-refractivity contribution in [2.45, 2.75) is 58.6 Å². The third-order valence-corrected chi connectivity index (χ3v) is 6.21. The van der Waals surface area contributed by atoms with Crippen molar-refractivity contribution in [2.24, 2.45) is 5.41 Å². The fourth-order valence-electron chi connectivity index (χ4n) is 4.48. The van der Waals surface area contributed by atoms with Crippen LogP contribution in [0.5, 0.6) is 0 Å². The zero-order chi connectivity index (χ0) is 19.9. The molecule has 2 aliphatic heterocycles. The summed E-state index contributed by atoms with van der Waals surface area (Å²) in [5, 5.41) is 16.2. The number of benzene rings is 1. The zero-order valence-corrected chi connectivity index (χ0v) is 17.3. The van der Waals surface area contributed by atoms with Crippen LogP contribution in [-0.4, -0.2) is 38.1 Å². The van der Waals surface area contributed by atoms with Gasteiger partial charge in [0.2, 0.25) is 0 Å². The van der Waals surface area contributed by atoms with Crippen molar-refractivity contribution >= 4 is 16.7 Å². The fourth-order valence-corrected chi connectivity index (χ4v) is 4.48. The summed E-state index contributed by atoms with van der Waals surface area (Å²) in [6.07, 6.45) is 7.10. The quantitative estimate of drug-likeness (QED) is 0.725. The topological polar surface area (TPSA) is 54.2 Å². The van der Waals surface area contributed by atoms with E-state index in [0.717, 1.165) is 41.8 Å². The van der Waals surface area contributed by atoms with E-state index in [4.69, 9.17) is 0 Å². The summed E-state index contributed by atoms with van der Waals surface area (Å²) in [5.74, 6) is 0.978. The number of anilines is 1. The summed E-state index contributed by atoms with van der Waals surface area (Å²) >= 11 is 0. The monoisotopic (exact) mass is 378 g/mol. The molecule has 0 radical (unpaired) electrons. The average Bonchev–Trinajstić information content (AvgIpc) is 3.33. The van der Waals surface area contributed by atoms with Crippen LogP contribution in [0, 0.1) is 5.41 Å². The number of hydrogen-bond donors (Lipinski definition) is 1. The van der Waals surface area contributed by atoms with Crippen LogP contribution in [0.4, 0.5) is 5.82 Å². The minimum Gasteiger partial charge on any atom is -0.390 e. The molecule has 3 aromatic rings. The van der Waals surface area contributed by atoms with Crippen LogP contribution >= 0.6 is 0 Å². The lowest BCUT2D eigenvalue weighted by Gasteiger charge is -2.45. The summed E-state index contributed by atoms with van der Waals surface area (Å²) in [6.45, 7) is 9.00. The van der Waals surface area contributed by atoms with E-state index in [1.807, 2.05) is 49.1 Å². The molecule has 148 valence electrons. The molecule has 1 N–H and O–H groups in total. The molecule has 1 saturated carbocycles. The molecule has 1 aromatic carbocycles. The van der Waals surface area contributed by atoms with Gasteiger partial charge < -0.3 is 10.0 Å². The molecule has 0 amide bonds. The Morgan fingerprint density at radius 3 is 2.57 bits per heavy atom. The first kappa shape index (κ1) is 18.9. The highest BCUT2D eigenvalue weighted by Crippen LogP contribution is 2.58. The van der Waals surface area contributed by atoms with Crippen molar-refractivity contribution in [3.8, 4) is 5.69 Å². The second-order valence-corrected chi connectivity index (χ2v) is 8.72. The Labute approximate surface area is 167 Å². The maximum absolute atomic E-state index is 10.5. The van der Waals surface area contributed by atoms with Crippen molar-refractivity contribution in [1.82, 2.24) is 14.8 Å². The molecule has 3 aliphatic rings. The Morgan fingerprint density at radius 2 is 1.89 bits per heavy atom. The molecule has 0 unspecified atom stereocenters. The lowest BCUT2D eigenvalue weighted by Crippen LogP contribution is -2.50. The van der Waals surface area contributed by atoms with Gasteiger partial charge in [-0.3, -0.25) is 0 Å². The lowest BCUT2D eigenvalue weighted by molar-refractivity contribution is -0.0754. The Hall–Kier alpha value is -2.40. The molecule has 4 heterocycles. The molecule has 3 fully saturated rings. The van der Waals surface area contributed by atoms with Crippen LogP contribution < -0.4 is 4.90 Å². The van der Waals surface area contributed by atoms with Gasteiger partial charge in [0.05, 0.1) is 23.0 Å². The number of pyridine rings is 1. The molecule has 2 bridgehead atoms. The summed E-state index contributed by atoms with van der Waals surface area (Å²) in [5.41, 5.74) is 1.48. The Kier molecular flexibility index (Phi) is 4.66. The molecule has 1 aliphatic carbocycles. The summed E-state index contributed by atoms with van der Waals surface area (Å²) in [6, 6.07) is 12.8. The Balaban J connectivity index is 0.000000604. The van der Waals surface area contributed by atoms with Crippen molar-refractivity contribution < 1.29 is 5.11 Å². The maximum Gasteiger partial charge on any atom is 0.130 e. The van der Waals surface area contributed by atoms with Gasteiger partial charge >= 0.3 is 0 Å². The van der Waals surface area contributed by atoms with Gasteiger partial charge in [0, 0.05) is 35.7 Å². The van der Waals surface area contributed by atoms with E-state index in [1.165, 1.54) is 6.42 Å². The normalized spacial score (nSPS) is 23.3. The average molecular weight is 379 g/mol. The van der Waals surface area contributed by atoms with Crippen molar-refractivity contribution in [1.29, 1.82) is 0 Å². The molecular formula is C23H30N4O. The van der Waals surface area contributed by atoms with Gasteiger partial charge in [-0.1, -0.05) is 38.5 Å². The van der Waals surface area contributed by atoms with Gasteiger partial charge in [0.15, 0.2) is 0 Å². The van der Waals surface area contributed by atoms with Crippen LogP contribution in [0.15, 0.2) is 48.8 Å². The highest BCUT2D eigenvalue weighted by Gasteiger charge is 2.62. The van der Waals surface area contributed by atoms with Crippen molar-refractivity contribution in [2.75, 3.05) is 11.4 Å². The van der Waals surface area contributed by atoms with Crippen LogP contribution in [0.2, 0.25) is 0 Å². The smallest absolute Gasteiger partial charge is 0.130 e. The van der Waals surface area contributed by atoms with Gasteiger partial charge in [0.1, 0.15) is 5.82 Å². The number of fused-ring (bicyclic) bond motifs is 2. The number of nitrogens with zero attached hydrogens (tertiary/aromatic N) is 4. The van der Waals surface area contributed by atoms with E-state index in [0.29, 0.717) is 6.04 Å². The van der Waals surface area contributed by atoms with Gasteiger partial charge in [-0.15, -0.1) is 0 Å². The summed E-state index contributed by atoms with van der Waals surface area (Å²) < 4.78 is 1.96. The van der Waals surface area contributed by atoms with Gasteiger partial charge in [-0.05, 0) is 38.8 Å². The van der Waals surface area contributed by atoms with Crippen molar-refractivity contribution in [3.05, 3.63) is 48.8 Å². The fraction of sp³-hybridized carbons (Fsp3) is 0.478. The zero-order valence-electron chi connectivity index (χ0n) is 17.3. The predicted molar refractivity (Wildman–Crippen MR) is 114 cm³/mol. The third kappa shape index (κ3) is 2.98. The second-order valence-electron chi connectivity index (χ2n) is 8.72. The largest absolute Gasteiger partial charge is 0.390 e. The highest BCUT2D eigenvalue weighted by molar-refractivity contribution is 5.80. The van der Waals surface area contributed by atoms with E-state index >= 15 is 0 Å². The van der Waals surface area contributed by atoms with Crippen LogP contribution in [0.3, 0.4) is 0 Å².